The van der Waals surface area contributed by atoms with Gasteiger partial charge >= 0.3 is 0 Å². The summed E-state index contributed by atoms with van der Waals surface area (Å²) in [5, 5.41) is 12.4. The van der Waals surface area contributed by atoms with Crippen LogP contribution in [0.5, 0.6) is 11.5 Å². The summed E-state index contributed by atoms with van der Waals surface area (Å²) in [7, 11) is 1.61. The number of benzene rings is 2. The lowest BCUT2D eigenvalue weighted by atomic mass is 10.1. The predicted molar refractivity (Wildman–Crippen MR) is 126 cm³/mol. The summed E-state index contributed by atoms with van der Waals surface area (Å²) in [5.41, 5.74) is 3.08. The highest BCUT2D eigenvalue weighted by molar-refractivity contribution is 7.13. The number of anilines is 1. The van der Waals surface area contributed by atoms with Crippen molar-refractivity contribution in [3.63, 3.8) is 0 Å². The topological polar surface area (TPSA) is 76.6 Å². The summed E-state index contributed by atoms with van der Waals surface area (Å²) in [5.74, 6) is 1.48. The lowest BCUT2D eigenvalue weighted by Gasteiger charge is -2.31. The normalized spacial score (nSPS) is 14.8. The number of aryl methyl sites for hydroxylation is 2. The molecule has 168 valence electrons. The van der Waals surface area contributed by atoms with E-state index in [0.717, 1.165) is 42.4 Å². The average Bonchev–Trinajstić information content (AvgIpc) is 3.27. The molecule has 0 saturated carbocycles. The lowest BCUT2D eigenvalue weighted by Crippen LogP contribution is -2.37. The highest BCUT2D eigenvalue weighted by Gasteiger charge is 2.23. The van der Waals surface area contributed by atoms with E-state index >= 15 is 0 Å². The first kappa shape index (κ1) is 22.2. The van der Waals surface area contributed by atoms with Gasteiger partial charge in [-0.2, -0.15) is 0 Å². The third kappa shape index (κ3) is 5.63. The molecule has 1 N–H and O–H groups in total. The fourth-order valence-corrected chi connectivity index (χ4v) is 4.44. The van der Waals surface area contributed by atoms with E-state index in [0.29, 0.717) is 17.2 Å². The van der Waals surface area contributed by atoms with Gasteiger partial charge in [-0.15, -0.1) is 10.2 Å². The molecule has 7 nitrogen and oxygen atoms in total. The van der Waals surface area contributed by atoms with Gasteiger partial charge in [-0.25, -0.2) is 0 Å². The first-order chi connectivity index (χ1) is 15.5. The number of aromatic nitrogens is 2. The number of nitrogens with zero attached hydrogens (tertiary/aromatic N) is 3. The minimum Gasteiger partial charge on any atom is -0.497 e. The Bertz CT molecular complexity index is 1060. The Morgan fingerprint density at radius 3 is 2.59 bits per heavy atom. The predicted octanol–water partition coefficient (Wildman–Crippen LogP) is 4.46. The van der Waals surface area contributed by atoms with Crippen LogP contribution in [0, 0.1) is 13.8 Å². The Morgan fingerprint density at radius 1 is 1.12 bits per heavy atom. The Morgan fingerprint density at radius 2 is 1.88 bits per heavy atom. The minimum atomic E-state index is -0.250. The van der Waals surface area contributed by atoms with E-state index in [1.807, 2.05) is 0 Å². The molecule has 1 amide bonds. The molecule has 0 bridgehead atoms. The second-order valence-electron chi connectivity index (χ2n) is 8.05. The number of hydrogen-bond acceptors (Lipinski definition) is 7. The second kappa shape index (κ2) is 10.1. The number of ether oxygens (including phenoxy) is 2. The van der Waals surface area contributed by atoms with Crippen molar-refractivity contribution in [1.82, 2.24) is 15.1 Å². The molecule has 0 atom stereocenters. The van der Waals surface area contributed by atoms with Crippen LogP contribution in [0.2, 0.25) is 0 Å². The van der Waals surface area contributed by atoms with Gasteiger partial charge in [0.2, 0.25) is 5.01 Å². The van der Waals surface area contributed by atoms with Crippen molar-refractivity contribution in [1.29, 1.82) is 0 Å². The van der Waals surface area contributed by atoms with Gasteiger partial charge in [-0.3, -0.25) is 9.69 Å². The van der Waals surface area contributed by atoms with E-state index < -0.39 is 0 Å². The van der Waals surface area contributed by atoms with Gasteiger partial charge in [0.25, 0.3) is 5.91 Å². The third-order valence-electron chi connectivity index (χ3n) is 5.54. The summed E-state index contributed by atoms with van der Waals surface area (Å²) in [4.78, 5) is 14.8. The summed E-state index contributed by atoms with van der Waals surface area (Å²) >= 11 is 1.34. The van der Waals surface area contributed by atoms with Gasteiger partial charge in [-0.05, 0) is 68.1 Å². The number of likely N-dealkylation sites (tertiary alicyclic amines) is 1. The Labute approximate surface area is 192 Å². The molecular formula is C24H28N4O3S. The number of carbonyl (C=O) groups is 1. The van der Waals surface area contributed by atoms with Crippen molar-refractivity contribution in [2.75, 3.05) is 25.5 Å². The maximum Gasteiger partial charge on any atom is 0.286 e. The summed E-state index contributed by atoms with van der Waals surface area (Å²) in [6, 6.07) is 13.5. The van der Waals surface area contributed by atoms with Gasteiger partial charge in [0, 0.05) is 18.8 Å². The number of piperidine rings is 1. The molecule has 8 heteroatoms. The molecule has 1 aliphatic rings. The smallest absolute Gasteiger partial charge is 0.286 e. The number of amides is 1. The van der Waals surface area contributed by atoms with Gasteiger partial charge < -0.3 is 14.8 Å². The van der Waals surface area contributed by atoms with Crippen LogP contribution in [0.4, 0.5) is 5.69 Å². The van der Waals surface area contributed by atoms with Crippen LogP contribution in [-0.4, -0.2) is 47.3 Å². The van der Waals surface area contributed by atoms with Crippen LogP contribution in [0.1, 0.15) is 38.8 Å². The molecule has 1 aliphatic heterocycles. The van der Waals surface area contributed by atoms with Crippen LogP contribution in [0.15, 0.2) is 42.5 Å². The number of nitrogens with one attached hydrogen (secondary N) is 1. The zero-order chi connectivity index (χ0) is 22.5. The number of hydrogen-bond donors (Lipinski definition) is 1. The van der Waals surface area contributed by atoms with Crippen LogP contribution in [0.25, 0.3) is 0 Å². The van der Waals surface area contributed by atoms with Gasteiger partial charge in [-0.1, -0.05) is 23.5 Å². The Hall–Kier alpha value is -2.97. The highest BCUT2D eigenvalue weighted by atomic mass is 32.1. The van der Waals surface area contributed by atoms with Crippen molar-refractivity contribution >= 4 is 22.9 Å². The van der Waals surface area contributed by atoms with E-state index in [9.17, 15) is 4.79 Å². The first-order valence-electron chi connectivity index (χ1n) is 10.7. The Kier molecular flexibility index (Phi) is 7.02. The third-order valence-corrected chi connectivity index (χ3v) is 6.45. The molecular weight excluding hydrogens is 424 g/mol. The van der Waals surface area contributed by atoms with E-state index in [2.05, 4.69) is 52.5 Å². The average molecular weight is 453 g/mol. The number of methoxy groups -OCH3 is 1. The van der Waals surface area contributed by atoms with Crippen LogP contribution >= 0.6 is 11.3 Å². The molecule has 1 saturated heterocycles. The molecule has 0 unspecified atom stereocenters. The Balaban J connectivity index is 1.26. The molecule has 2 heterocycles. The summed E-state index contributed by atoms with van der Waals surface area (Å²) in [6.45, 7) is 6.74. The SMILES string of the molecule is COc1ccc(NC(=O)c2nnc(CN3CCC(Oc4cc(C)ccc4C)CC3)s2)cc1. The maximum atomic E-state index is 12.5. The van der Waals surface area contributed by atoms with Gasteiger partial charge in [0.15, 0.2) is 0 Å². The van der Waals surface area contributed by atoms with Gasteiger partial charge in [0.05, 0.1) is 13.7 Å². The van der Waals surface area contributed by atoms with Crippen LogP contribution in [0.3, 0.4) is 0 Å². The summed E-state index contributed by atoms with van der Waals surface area (Å²) < 4.78 is 11.4. The highest BCUT2D eigenvalue weighted by Crippen LogP contribution is 2.25. The maximum absolute atomic E-state index is 12.5. The fourth-order valence-electron chi connectivity index (χ4n) is 3.66. The number of rotatable bonds is 7. The van der Waals surface area contributed by atoms with Crippen LogP contribution < -0.4 is 14.8 Å². The monoisotopic (exact) mass is 452 g/mol. The van der Waals surface area contributed by atoms with Crippen LogP contribution in [-0.2, 0) is 6.54 Å². The van der Waals surface area contributed by atoms with Crippen molar-refractivity contribution in [3.8, 4) is 11.5 Å². The van der Waals surface area contributed by atoms with Gasteiger partial charge in [0.1, 0.15) is 22.6 Å². The lowest BCUT2D eigenvalue weighted by molar-refractivity contribution is 0.0960. The standard InChI is InChI=1S/C24H28N4O3S/c1-16-4-5-17(2)21(14-16)31-20-10-12-28(13-11-20)15-22-26-27-24(32-22)23(29)25-18-6-8-19(30-3)9-7-18/h4-9,14,20H,10-13,15H2,1-3H3,(H,25,29). The molecule has 0 radical (unpaired) electrons. The van der Waals surface area contributed by atoms with Crippen molar-refractivity contribution < 1.29 is 14.3 Å². The first-order valence-corrected chi connectivity index (χ1v) is 11.6. The van der Waals surface area contributed by atoms with E-state index in [4.69, 9.17) is 9.47 Å². The molecule has 4 rings (SSSR count). The molecule has 1 fully saturated rings. The molecule has 0 aliphatic carbocycles. The largest absolute Gasteiger partial charge is 0.497 e. The number of carbonyl (C=O) groups excluding carboxylic acids is 1. The van der Waals surface area contributed by atoms with Crippen molar-refractivity contribution in [2.24, 2.45) is 0 Å². The zero-order valence-electron chi connectivity index (χ0n) is 18.6. The van der Waals surface area contributed by atoms with E-state index in [-0.39, 0.29) is 12.0 Å². The molecule has 1 aromatic heterocycles. The van der Waals surface area contributed by atoms with Crippen molar-refractivity contribution in [2.45, 2.75) is 39.3 Å². The van der Waals surface area contributed by atoms with E-state index in [1.165, 1.54) is 22.5 Å². The minimum absolute atomic E-state index is 0.229. The molecule has 2 aromatic carbocycles. The quantitative estimate of drug-likeness (QED) is 0.570. The molecule has 32 heavy (non-hydrogen) atoms. The zero-order valence-corrected chi connectivity index (χ0v) is 19.4. The van der Waals surface area contributed by atoms with E-state index in [1.54, 1.807) is 31.4 Å². The van der Waals surface area contributed by atoms with Crippen molar-refractivity contribution in [3.05, 3.63) is 63.6 Å². The molecule has 0 spiro atoms. The fraction of sp³-hybridized carbons (Fsp3) is 0.375. The summed E-state index contributed by atoms with van der Waals surface area (Å²) in [6.07, 6.45) is 2.17. The second-order valence-corrected chi connectivity index (χ2v) is 9.11. The molecule has 3 aromatic rings.